The third kappa shape index (κ3) is 3.78. The number of aliphatic carboxylic acids is 1. The number of carboxylic acid groups (broad SMARTS) is 1. The number of hydrogen-bond acceptors (Lipinski definition) is 4. The summed E-state index contributed by atoms with van der Waals surface area (Å²) in [6.07, 6.45) is 6.08. The van der Waals surface area contributed by atoms with E-state index < -0.39 is 12.0 Å². The van der Waals surface area contributed by atoms with E-state index in [1.807, 2.05) is 15.7 Å². The first-order chi connectivity index (χ1) is 9.16. The monoisotopic (exact) mass is 266 g/mol. The molecule has 0 saturated carbocycles. The molecule has 104 valence electrons. The van der Waals surface area contributed by atoms with Crippen molar-refractivity contribution in [1.82, 2.24) is 19.8 Å². The van der Waals surface area contributed by atoms with Crippen LogP contribution < -0.4 is 5.32 Å². The summed E-state index contributed by atoms with van der Waals surface area (Å²) in [4.78, 5) is 28.4. The summed E-state index contributed by atoms with van der Waals surface area (Å²) in [6.45, 7) is 2.81. The van der Waals surface area contributed by atoms with Gasteiger partial charge in [-0.2, -0.15) is 0 Å². The van der Waals surface area contributed by atoms with Gasteiger partial charge in [0.15, 0.2) is 0 Å². The van der Waals surface area contributed by atoms with Gasteiger partial charge in [-0.25, -0.2) is 4.98 Å². The lowest BCUT2D eigenvalue weighted by molar-refractivity contribution is -0.143. The van der Waals surface area contributed by atoms with Gasteiger partial charge >= 0.3 is 5.97 Å². The van der Waals surface area contributed by atoms with Gasteiger partial charge in [0.2, 0.25) is 5.91 Å². The van der Waals surface area contributed by atoms with Crippen LogP contribution in [0.15, 0.2) is 18.7 Å². The predicted molar refractivity (Wildman–Crippen MR) is 67.5 cm³/mol. The fraction of sp³-hybridized carbons (Fsp3) is 0.583. The molecule has 1 aliphatic heterocycles. The largest absolute Gasteiger partial charge is 0.481 e. The van der Waals surface area contributed by atoms with Crippen molar-refractivity contribution in [3.63, 3.8) is 0 Å². The topological polar surface area (TPSA) is 87.5 Å². The molecule has 1 aliphatic rings. The minimum Gasteiger partial charge on any atom is -0.481 e. The Kier molecular flexibility index (Phi) is 4.51. The third-order valence-corrected chi connectivity index (χ3v) is 3.23. The first-order valence-electron chi connectivity index (χ1n) is 6.36. The standard InChI is InChI=1S/C12H18N4O3/c17-11(18)8-10-12(19)14-3-7-16(10)5-1-4-15-6-2-13-9-15/h2,6,9-10H,1,3-5,7-8H2,(H,14,19)(H,17,18). The fourth-order valence-electron chi connectivity index (χ4n) is 2.29. The third-order valence-electron chi connectivity index (χ3n) is 3.23. The van der Waals surface area contributed by atoms with Crippen molar-refractivity contribution in [2.75, 3.05) is 19.6 Å². The van der Waals surface area contributed by atoms with E-state index >= 15 is 0 Å². The van der Waals surface area contributed by atoms with E-state index in [0.29, 0.717) is 19.6 Å². The van der Waals surface area contributed by atoms with Gasteiger partial charge in [0.25, 0.3) is 0 Å². The molecule has 1 saturated heterocycles. The minimum absolute atomic E-state index is 0.142. The van der Waals surface area contributed by atoms with E-state index in [2.05, 4.69) is 10.3 Å². The molecule has 1 aromatic rings. The number of rotatable bonds is 6. The van der Waals surface area contributed by atoms with Crippen LogP contribution in [0.5, 0.6) is 0 Å². The molecule has 1 unspecified atom stereocenters. The zero-order valence-corrected chi connectivity index (χ0v) is 10.7. The lowest BCUT2D eigenvalue weighted by atomic mass is 10.1. The highest BCUT2D eigenvalue weighted by molar-refractivity contribution is 5.86. The number of nitrogens with zero attached hydrogens (tertiary/aromatic N) is 3. The summed E-state index contributed by atoms with van der Waals surface area (Å²) < 4.78 is 1.97. The molecule has 19 heavy (non-hydrogen) atoms. The molecule has 1 aromatic heterocycles. The highest BCUT2D eigenvalue weighted by atomic mass is 16.4. The summed E-state index contributed by atoms with van der Waals surface area (Å²) in [5, 5.41) is 11.6. The van der Waals surface area contributed by atoms with Gasteiger partial charge in [-0.3, -0.25) is 14.5 Å². The van der Waals surface area contributed by atoms with E-state index in [-0.39, 0.29) is 12.3 Å². The molecule has 0 aromatic carbocycles. The lowest BCUT2D eigenvalue weighted by Crippen LogP contribution is -2.56. The van der Waals surface area contributed by atoms with Gasteiger partial charge in [0, 0.05) is 38.6 Å². The van der Waals surface area contributed by atoms with Crippen LogP contribution in [0, 0.1) is 0 Å². The number of piperazine rings is 1. The zero-order valence-electron chi connectivity index (χ0n) is 10.7. The highest BCUT2D eigenvalue weighted by Gasteiger charge is 2.30. The van der Waals surface area contributed by atoms with Crippen LogP contribution >= 0.6 is 0 Å². The second-order valence-corrected chi connectivity index (χ2v) is 4.59. The summed E-state index contributed by atoms with van der Waals surface area (Å²) in [5.74, 6) is -1.13. The van der Waals surface area contributed by atoms with Crippen LogP contribution in [-0.2, 0) is 16.1 Å². The Hall–Kier alpha value is -1.89. The van der Waals surface area contributed by atoms with Gasteiger partial charge in [0.1, 0.15) is 0 Å². The van der Waals surface area contributed by atoms with Crippen molar-refractivity contribution in [1.29, 1.82) is 0 Å². The number of carbonyl (C=O) groups excluding carboxylic acids is 1. The molecule has 0 bridgehead atoms. The van der Waals surface area contributed by atoms with Gasteiger partial charge < -0.3 is 15.0 Å². The van der Waals surface area contributed by atoms with Crippen LogP contribution in [-0.4, -0.2) is 57.1 Å². The number of amides is 1. The molecule has 2 heterocycles. The fourth-order valence-corrected chi connectivity index (χ4v) is 2.29. The molecular weight excluding hydrogens is 248 g/mol. The molecular formula is C12H18N4O3. The Balaban J connectivity index is 1.85. The number of hydrogen-bond donors (Lipinski definition) is 2. The van der Waals surface area contributed by atoms with Crippen molar-refractivity contribution in [3.05, 3.63) is 18.7 Å². The van der Waals surface area contributed by atoms with Crippen molar-refractivity contribution in [2.45, 2.75) is 25.4 Å². The molecule has 1 atom stereocenters. The van der Waals surface area contributed by atoms with Crippen LogP contribution in [0.2, 0.25) is 0 Å². The Morgan fingerprint density at radius 2 is 2.37 bits per heavy atom. The molecule has 1 fully saturated rings. The van der Waals surface area contributed by atoms with Gasteiger partial charge in [-0.15, -0.1) is 0 Å². The summed E-state index contributed by atoms with van der Waals surface area (Å²) in [5.41, 5.74) is 0. The molecule has 2 rings (SSSR count). The molecule has 0 radical (unpaired) electrons. The van der Waals surface area contributed by atoms with Crippen LogP contribution in [0.4, 0.5) is 0 Å². The first kappa shape index (κ1) is 13.5. The molecule has 7 heteroatoms. The van der Waals surface area contributed by atoms with E-state index in [1.165, 1.54) is 0 Å². The van der Waals surface area contributed by atoms with Crippen molar-refractivity contribution < 1.29 is 14.7 Å². The molecule has 0 spiro atoms. The number of aromatic nitrogens is 2. The van der Waals surface area contributed by atoms with E-state index in [9.17, 15) is 9.59 Å². The molecule has 7 nitrogen and oxygen atoms in total. The average molecular weight is 266 g/mol. The van der Waals surface area contributed by atoms with Gasteiger partial charge in [-0.1, -0.05) is 0 Å². The summed E-state index contributed by atoms with van der Waals surface area (Å²) in [6, 6.07) is -0.547. The maximum Gasteiger partial charge on any atom is 0.305 e. The number of imidazole rings is 1. The Morgan fingerprint density at radius 1 is 1.53 bits per heavy atom. The minimum atomic E-state index is -0.943. The number of carbonyl (C=O) groups is 2. The Morgan fingerprint density at radius 3 is 3.05 bits per heavy atom. The van der Waals surface area contributed by atoms with Crippen LogP contribution in [0.3, 0.4) is 0 Å². The zero-order chi connectivity index (χ0) is 13.7. The van der Waals surface area contributed by atoms with Gasteiger partial charge in [0.05, 0.1) is 18.8 Å². The van der Waals surface area contributed by atoms with Crippen molar-refractivity contribution in [3.8, 4) is 0 Å². The maximum absolute atomic E-state index is 11.7. The SMILES string of the molecule is O=C(O)CC1C(=O)NCCN1CCCn1ccnc1. The number of carboxylic acids is 1. The van der Waals surface area contributed by atoms with Gasteiger partial charge in [-0.05, 0) is 6.42 Å². The predicted octanol–water partition coefficient (Wildman–Crippen LogP) is -0.452. The van der Waals surface area contributed by atoms with Crippen molar-refractivity contribution >= 4 is 11.9 Å². The summed E-state index contributed by atoms with van der Waals surface area (Å²) >= 11 is 0. The van der Waals surface area contributed by atoms with Crippen LogP contribution in [0.1, 0.15) is 12.8 Å². The summed E-state index contributed by atoms with van der Waals surface area (Å²) in [7, 11) is 0. The second kappa shape index (κ2) is 6.33. The second-order valence-electron chi connectivity index (χ2n) is 4.59. The van der Waals surface area contributed by atoms with E-state index in [0.717, 1.165) is 13.0 Å². The molecule has 2 N–H and O–H groups in total. The smallest absolute Gasteiger partial charge is 0.305 e. The van der Waals surface area contributed by atoms with E-state index in [4.69, 9.17) is 5.11 Å². The number of aryl methyl sites for hydroxylation is 1. The normalized spacial score (nSPS) is 20.2. The Labute approximate surface area is 111 Å². The first-order valence-corrected chi connectivity index (χ1v) is 6.36. The van der Waals surface area contributed by atoms with Crippen molar-refractivity contribution in [2.24, 2.45) is 0 Å². The molecule has 1 amide bonds. The quantitative estimate of drug-likeness (QED) is 0.728. The Bertz CT molecular complexity index is 432. The van der Waals surface area contributed by atoms with E-state index in [1.54, 1.807) is 12.5 Å². The average Bonchev–Trinajstić information content (AvgIpc) is 2.86. The number of nitrogens with one attached hydrogen (secondary N) is 1. The molecule has 0 aliphatic carbocycles. The maximum atomic E-state index is 11.7. The lowest BCUT2D eigenvalue weighted by Gasteiger charge is -2.34. The van der Waals surface area contributed by atoms with Crippen LogP contribution in [0.25, 0.3) is 0 Å². The highest BCUT2D eigenvalue weighted by Crippen LogP contribution is 2.10.